The topological polar surface area (TPSA) is 230 Å². The molecule has 254 valence electrons. The molecule has 0 bridgehead atoms. The van der Waals surface area contributed by atoms with Gasteiger partial charge < -0.3 is 37.0 Å². The number of aliphatic carboxylic acids is 3. The molecule has 0 fully saturated rings. The molecular formula is C30H54N4O9S. The summed E-state index contributed by atoms with van der Waals surface area (Å²) in [6.45, 7) is 5.47. The standard InChI is InChI=1S/C30H54N4O9S/c1-4-5-6-7-8-9-10-11-12-13-14-15-25(36)33-26(20(2)3)27(37)34(22(29(40)41)16-17-24(32)35)23(30(42)43)19-44-18-21(31)28(38)39/h20-23,26H,4-19,31H2,1-3H3,(H2,32,35)(H,33,36)(H,38,39)(H,40,41)(H,42,43)/t21-,22+,23+,26-/m0/s1. The van der Waals surface area contributed by atoms with Crippen LogP contribution in [-0.2, 0) is 28.8 Å². The predicted molar refractivity (Wildman–Crippen MR) is 169 cm³/mol. The number of primary amides is 1. The van der Waals surface area contributed by atoms with Gasteiger partial charge in [-0.2, -0.15) is 11.8 Å². The minimum atomic E-state index is -1.74. The van der Waals surface area contributed by atoms with Gasteiger partial charge in [0.1, 0.15) is 24.2 Å². The van der Waals surface area contributed by atoms with Crippen molar-refractivity contribution in [2.75, 3.05) is 11.5 Å². The van der Waals surface area contributed by atoms with E-state index in [-0.39, 0.29) is 17.9 Å². The molecule has 44 heavy (non-hydrogen) atoms. The van der Waals surface area contributed by atoms with E-state index in [0.717, 1.165) is 37.4 Å². The molecule has 0 aliphatic heterocycles. The second-order valence-corrected chi connectivity index (χ2v) is 12.6. The number of nitrogens with zero attached hydrogens (tertiary/aromatic N) is 1. The zero-order valence-corrected chi connectivity index (χ0v) is 27.3. The molecule has 4 atom stereocenters. The van der Waals surface area contributed by atoms with E-state index in [2.05, 4.69) is 12.2 Å². The van der Waals surface area contributed by atoms with Crippen molar-refractivity contribution in [1.29, 1.82) is 0 Å². The van der Waals surface area contributed by atoms with E-state index in [1.165, 1.54) is 38.5 Å². The molecule has 0 radical (unpaired) electrons. The van der Waals surface area contributed by atoms with Crippen molar-refractivity contribution in [3.63, 3.8) is 0 Å². The molecule has 0 rings (SSSR count). The van der Waals surface area contributed by atoms with Crippen LogP contribution in [0.25, 0.3) is 0 Å². The van der Waals surface area contributed by atoms with Crippen molar-refractivity contribution in [2.45, 2.75) is 135 Å². The summed E-state index contributed by atoms with van der Waals surface area (Å²) in [5.74, 6) is -7.66. The monoisotopic (exact) mass is 646 g/mol. The zero-order chi connectivity index (χ0) is 33.7. The van der Waals surface area contributed by atoms with Crippen LogP contribution in [0.5, 0.6) is 0 Å². The Kier molecular flexibility index (Phi) is 22.0. The van der Waals surface area contributed by atoms with Crippen LogP contribution in [0.15, 0.2) is 0 Å². The highest BCUT2D eigenvalue weighted by Gasteiger charge is 2.42. The van der Waals surface area contributed by atoms with E-state index >= 15 is 0 Å². The van der Waals surface area contributed by atoms with E-state index < -0.39 is 78.6 Å². The quantitative estimate of drug-likeness (QED) is 0.0710. The van der Waals surface area contributed by atoms with Gasteiger partial charge in [-0.25, -0.2) is 9.59 Å². The summed E-state index contributed by atoms with van der Waals surface area (Å²) < 4.78 is 0. The largest absolute Gasteiger partial charge is 0.480 e. The van der Waals surface area contributed by atoms with Gasteiger partial charge in [-0.1, -0.05) is 85.0 Å². The highest BCUT2D eigenvalue weighted by Crippen LogP contribution is 2.21. The fraction of sp³-hybridized carbons (Fsp3) is 0.800. The molecule has 0 saturated carbocycles. The highest BCUT2D eigenvalue weighted by atomic mass is 32.2. The number of carboxylic acid groups (broad SMARTS) is 3. The predicted octanol–water partition coefficient (Wildman–Crippen LogP) is 2.97. The number of nitrogens with one attached hydrogen (secondary N) is 1. The van der Waals surface area contributed by atoms with Crippen LogP contribution in [0, 0.1) is 5.92 Å². The third kappa shape index (κ3) is 17.4. The molecule has 0 aliphatic carbocycles. The minimum Gasteiger partial charge on any atom is -0.480 e. The average Bonchev–Trinajstić information content (AvgIpc) is 2.94. The molecule has 0 saturated heterocycles. The van der Waals surface area contributed by atoms with Crippen LogP contribution in [0.4, 0.5) is 0 Å². The maximum atomic E-state index is 13.9. The Morgan fingerprint density at radius 2 is 1.23 bits per heavy atom. The van der Waals surface area contributed by atoms with Crippen LogP contribution < -0.4 is 16.8 Å². The van der Waals surface area contributed by atoms with Gasteiger partial charge >= 0.3 is 17.9 Å². The Labute approximate surface area is 265 Å². The van der Waals surface area contributed by atoms with Crippen molar-refractivity contribution in [3.05, 3.63) is 0 Å². The normalized spacial score (nSPS) is 13.9. The zero-order valence-electron chi connectivity index (χ0n) is 26.5. The molecule has 0 unspecified atom stereocenters. The lowest BCUT2D eigenvalue weighted by Crippen LogP contribution is -2.61. The molecule has 0 spiro atoms. The Balaban J connectivity index is 5.52. The first-order valence-corrected chi connectivity index (χ1v) is 16.8. The maximum Gasteiger partial charge on any atom is 0.327 e. The van der Waals surface area contributed by atoms with Gasteiger partial charge in [0, 0.05) is 24.3 Å². The summed E-state index contributed by atoms with van der Waals surface area (Å²) >= 11 is 0.832. The van der Waals surface area contributed by atoms with Crippen molar-refractivity contribution in [1.82, 2.24) is 10.2 Å². The van der Waals surface area contributed by atoms with E-state index in [0.29, 0.717) is 11.3 Å². The average molecular weight is 647 g/mol. The van der Waals surface area contributed by atoms with Crippen LogP contribution in [0.2, 0.25) is 0 Å². The third-order valence-corrected chi connectivity index (χ3v) is 8.45. The number of nitrogens with two attached hydrogens (primary N) is 2. The van der Waals surface area contributed by atoms with Gasteiger partial charge in [-0.05, 0) is 18.8 Å². The fourth-order valence-electron chi connectivity index (χ4n) is 4.70. The number of hydrogen-bond donors (Lipinski definition) is 6. The molecule has 0 aromatic heterocycles. The number of carbonyl (C=O) groups excluding carboxylic acids is 3. The van der Waals surface area contributed by atoms with E-state index in [1.807, 2.05) is 0 Å². The molecule has 13 nitrogen and oxygen atoms in total. The van der Waals surface area contributed by atoms with Gasteiger partial charge in [-0.15, -0.1) is 0 Å². The van der Waals surface area contributed by atoms with E-state index in [1.54, 1.807) is 13.8 Å². The summed E-state index contributed by atoms with van der Waals surface area (Å²) in [5, 5.41) is 31.7. The van der Waals surface area contributed by atoms with Crippen LogP contribution in [-0.4, -0.2) is 91.5 Å². The van der Waals surface area contributed by atoms with E-state index in [9.17, 15) is 39.0 Å². The number of carbonyl (C=O) groups is 6. The van der Waals surface area contributed by atoms with Gasteiger partial charge in [0.05, 0.1) is 0 Å². The Bertz CT molecular complexity index is 919. The highest BCUT2D eigenvalue weighted by molar-refractivity contribution is 7.99. The number of thioether (sulfide) groups is 1. The van der Waals surface area contributed by atoms with Gasteiger partial charge in [-0.3, -0.25) is 19.2 Å². The maximum absolute atomic E-state index is 13.9. The van der Waals surface area contributed by atoms with Crippen molar-refractivity contribution in [2.24, 2.45) is 17.4 Å². The van der Waals surface area contributed by atoms with Crippen molar-refractivity contribution in [3.8, 4) is 0 Å². The number of hydrogen-bond acceptors (Lipinski definition) is 8. The Morgan fingerprint density at radius 3 is 1.66 bits per heavy atom. The first-order chi connectivity index (χ1) is 20.7. The van der Waals surface area contributed by atoms with Gasteiger partial charge in [0.2, 0.25) is 17.7 Å². The fourth-order valence-corrected chi connectivity index (χ4v) is 5.76. The Hall–Kier alpha value is -2.87. The molecule has 14 heteroatoms. The van der Waals surface area contributed by atoms with Gasteiger partial charge in [0.25, 0.3) is 0 Å². The summed E-state index contributed by atoms with van der Waals surface area (Å²) in [4.78, 5) is 74.5. The van der Waals surface area contributed by atoms with Crippen molar-refractivity contribution >= 4 is 47.4 Å². The lowest BCUT2D eigenvalue weighted by molar-refractivity contribution is -0.160. The minimum absolute atomic E-state index is 0.156. The molecule has 3 amide bonds. The second kappa shape index (κ2) is 23.5. The van der Waals surface area contributed by atoms with E-state index in [4.69, 9.17) is 16.6 Å². The number of unbranched alkanes of at least 4 members (excludes halogenated alkanes) is 10. The molecule has 0 aliphatic rings. The summed E-state index contributed by atoms with van der Waals surface area (Å²) in [7, 11) is 0. The number of amides is 3. The number of carboxylic acids is 3. The van der Waals surface area contributed by atoms with Crippen LogP contribution in [0.3, 0.4) is 0 Å². The first-order valence-electron chi connectivity index (χ1n) is 15.7. The molecule has 8 N–H and O–H groups in total. The smallest absolute Gasteiger partial charge is 0.327 e. The summed E-state index contributed by atoms with van der Waals surface area (Å²) in [5.41, 5.74) is 10.7. The summed E-state index contributed by atoms with van der Waals surface area (Å²) in [6, 6.07) is -6.00. The van der Waals surface area contributed by atoms with Crippen molar-refractivity contribution < 1.29 is 44.1 Å². The second-order valence-electron chi connectivity index (χ2n) is 11.5. The molecular weight excluding hydrogens is 592 g/mol. The first kappa shape index (κ1) is 41.1. The molecule has 0 heterocycles. The lowest BCUT2D eigenvalue weighted by Gasteiger charge is -2.37. The SMILES string of the molecule is CCCCCCCCCCCCCC(=O)N[C@H](C(=O)N([C@H](CCC(N)=O)C(=O)O)[C@H](CSC[C@H](N)C(=O)O)C(=O)O)C(C)C. The lowest BCUT2D eigenvalue weighted by atomic mass is 9.98. The van der Waals surface area contributed by atoms with Crippen LogP contribution >= 0.6 is 11.8 Å². The van der Waals surface area contributed by atoms with Gasteiger partial charge in [0.15, 0.2) is 0 Å². The molecule has 0 aromatic carbocycles. The number of rotatable bonds is 27. The Morgan fingerprint density at radius 1 is 0.727 bits per heavy atom. The summed E-state index contributed by atoms with van der Waals surface area (Å²) in [6.07, 6.45) is 11.5. The third-order valence-electron chi connectivity index (χ3n) is 7.31. The molecule has 0 aromatic rings. The van der Waals surface area contributed by atoms with Crippen LogP contribution in [0.1, 0.15) is 111 Å².